The Hall–Kier alpha value is -5.72. The maximum Gasteiger partial charge on any atom is -0.00201 e. The van der Waals surface area contributed by atoms with Crippen LogP contribution in [0.15, 0.2) is 170 Å². The van der Waals surface area contributed by atoms with Crippen molar-refractivity contribution in [3.8, 4) is 33.4 Å². The fraction of sp³-hybridized carbons (Fsp3) is 0. The first-order chi connectivity index (χ1) is 21.8. The summed E-state index contributed by atoms with van der Waals surface area (Å²) >= 11 is 0. The molecule has 0 radical (unpaired) electrons. The average molecular weight is 559 g/mol. The zero-order valence-corrected chi connectivity index (χ0v) is 24.4. The third kappa shape index (κ3) is 4.32. The molecule has 0 heteroatoms. The van der Waals surface area contributed by atoms with Gasteiger partial charge in [0.1, 0.15) is 0 Å². The highest BCUT2D eigenvalue weighted by molar-refractivity contribution is 6.23. The van der Waals surface area contributed by atoms with Crippen LogP contribution >= 0.6 is 0 Å². The molecule has 0 aliphatic rings. The summed E-state index contributed by atoms with van der Waals surface area (Å²) in [5.74, 6) is 0. The minimum Gasteiger partial charge on any atom is -0.0991 e. The summed E-state index contributed by atoms with van der Waals surface area (Å²) in [6, 6.07) is 55.4. The number of hydrogen-bond acceptors (Lipinski definition) is 0. The predicted octanol–water partition coefficient (Wildman–Crippen LogP) is 12.5. The molecule has 8 aromatic carbocycles. The number of benzene rings is 8. The van der Waals surface area contributed by atoms with Gasteiger partial charge in [0.25, 0.3) is 0 Å². The molecule has 0 atom stereocenters. The second-order valence-corrected chi connectivity index (χ2v) is 11.3. The Kier molecular flexibility index (Phi) is 6.39. The lowest BCUT2D eigenvalue weighted by Crippen LogP contribution is -1.92. The zero-order chi connectivity index (χ0) is 29.5. The molecule has 0 amide bonds. The van der Waals surface area contributed by atoms with Crippen LogP contribution in [0.1, 0.15) is 5.56 Å². The summed E-state index contributed by atoms with van der Waals surface area (Å²) in [5, 5.41) is 10.1. The van der Waals surface area contributed by atoms with E-state index in [-0.39, 0.29) is 0 Å². The van der Waals surface area contributed by atoms with Crippen molar-refractivity contribution >= 4 is 49.2 Å². The van der Waals surface area contributed by atoms with E-state index in [9.17, 15) is 0 Å². The van der Waals surface area contributed by atoms with Crippen molar-refractivity contribution in [2.45, 2.75) is 0 Å². The Morgan fingerprint density at radius 1 is 0.386 bits per heavy atom. The van der Waals surface area contributed by atoms with Crippen molar-refractivity contribution in [2.75, 3.05) is 0 Å². The van der Waals surface area contributed by atoms with Gasteiger partial charge in [-0.15, -0.1) is 0 Å². The van der Waals surface area contributed by atoms with E-state index in [0.717, 1.165) is 0 Å². The van der Waals surface area contributed by atoms with Gasteiger partial charge in [-0.3, -0.25) is 0 Å². The van der Waals surface area contributed by atoms with Crippen LogP contribution in [-0.2, 0) is 0 Å². The van der Waals surface area contributed by atoms with Crippen molar-refractivity contribution in [3.63, 3.8) is 0 Å². The predicted molar refractivity (Wildman–Crippen MR) is 192 cm³/mol. The smallest absolute Gasteiger partial charge is 0.00201 e. The Morgan fingerprint density at radius 2 is 0.886 bits per heavy atom. The second kappa shape index (κ2) is 10.8. The average Bonchev–Trinajstić information content (AvgIpc) is 3.09. The van der Waals surface area contributed by atoms with Crippen molar-refractivity contribution in [2.24, 2.45) is 0 Å². The minimum absolute atomic E-state index is 1.19. The van der Waals surface area contributed by atoms with Crippen LogP contribution in [0.4, 0.5) is 0 Å². The third-order valence-corrected chi connectivity index (χ3v) is 8.80. The van der Waals surface area contributed by atoms with Crippen LogP contribution < -0.4 is 0 Å². The van der Waals surface area contributed by atoms with Gasteiger partial charge in [0, 0.05) is 0 Å². The van der Waals surface area contributed by atoms with Crippen LogP contribution in [0, 0.1) is 0 Å². The molecule has 44 heavy (non-hydrogen) atoms. The topological polar surface area (TPSA) is 0 Å². The van der Waals surface area contributed by atoms with E-state index in [1.807, 2.05) is 12.2 Å². The molecule has 0 heterocycles. The van der Waals surface area contributed by atoms with E-state index in [2.05, 4.69) is 164 Å². The molecule has 0 unspecified atom stereocenters. The molecule has 0 bridgehead atoms. The molecular formula is C44H30. The fourth-order valence-corrected chi connectivity index (χ4v) is 6.81. The lowest BCUT2D eigenvalue weighted by Gasteiger charge is -2.19. The summed E-state index contributed by atoms with van der Waals surface area (Å²) in [4.78, 5) is 0. The van der Waals surface area contributed by atoms with Gasteiger partial charge < -0.3 is 0 Å². The van der Waals surface area contributed by atoms with Crippen molar-refractivity contribution in [3.05, 3.63) is 176 Å². The number of rotatable bonds is 5. The number of allylic oxidation sites excluding steroid dienone is 2. The minimum atomic E-state index is 1.19. The van der Waals surface area contributed by atoms with E-state index in [4.69, 9.17) is 0 Å². The van der Waals surface area contributed by atoms with Gasteiger partial charge >= 0.3 is 0 Å². The van der Waals surface area contributed by atoms with Gasteiger partial charge in [-0.05, 0) is 94.2 Å². The quantitative estimate of drug-likeness (QED) is 0.146. The SMILES string of the molecule is C=C/C=C\c1cc2ccccc2cc1-c1ccc(-c2c3ccccc3c(-c3cccc4ccccc34)c3ccccc23)cc1. The van der Waals surface area contributed by atoms with E-state index in [0.29, 0.717) is 0 Å². The third-order valence-electron chi connectivity index (χ3n) is 8.80. The summed E-state index contributed by atoms with van der Waals surface area (Å²) in [5.41, 5.74) is 8.66. The van der Waals surface area contributed by atoms with Gasteiger partial charge in [-0.2, -0.15) is 0 Å². The second-order valence-electron chi connectivity index (χ2n) is 11.3. The molecule has 0 N–H and O–H groups in total. The Bertz CT molecular complexity index is 2320. The lowest BCUT2D eigenvalue weighted by atomic mass is 9.84. The zero-order valence-electron chi connectivity index (χ0n) is 24.4. The Morgan fingerprint density at radius 3 is 1.52 bits per heavy atom. The maximum atomic E-state index is 3.89. The Labute approximate surface area is 257 Å². The largest absolute Gasteiger partial charge is 0.0991 e. The van der Waals surface area contributed by atoms with Crippen LogP contribution in [0.3, 0.4) is 0 Å². The first-order valence-electron chi connectivity index (χ1n) is 15.1. The molecule has 206 valence electrons. The van der Waals surface area contributed by atoms with Gasteiger partial charge in [0.05, 0.1) is 0 Å². The van der Waals surface area contributed by atoms with Crippen LogP contribution in [0.25, 0.3) is 82.5 Å². The van der Waals surface area contributed by atoms with Crippen molar-refractivity contribution in [1.82, 2.24) is 0 Å². The molecule has 8 rings (SSSR count). The molecular weight excluding hydrogens is 528 g/mol. The summed E-state index contributed by atoms with van der Waals surface area (Å²) in [6.45, 7) is 3.89. The highest BCUT2D eigenvalue weighted by Gasteiger charge is 2.18. The molecule has 0 saturated heterocycles. The van der Waals surface area contributed by atoms with E-state index in [1.165, 1.54) is 82.0 Å². The molecule has 0 aliphatic heterocycles. The fourth-order valence-electron chi connectivity index (χ4n) is 6.81. The molecule has 0 aliphatic carbocycles. The summed E-state index contributed by atoms with van der Waals surface area (Å²) in [6.07, 6.45) is 5.99. The standard InChI is InChI=1S/C44H30/c1-2-3-13-35-28-33-15-4-5-16-34(33)29-42(35)31-24-26-32(27-25-31)43-38-19-8-10-21-40(38)44(41-22-11-9-20-39(41)43)37-23-12-17-30-14-6-7-18-36(30)37/h2-29H,1H2/b13-3-. The van der Waals surface area contributed by atoms with E-state index < -0.39 is 0 Å². The molecule has 0 spiro atoms. The number of hydrogen-bond donors (Lipinski definition) is 0. The molecule has 0 saturated carbocycles. The molecule has 0 nitrogen and oxygen atoms in total. The van der Waals surface area contributed by atoms with Gasteiger partial charge in [0.15, 0.2) is 0 Å². The first-order valence-corrected chi connectivity index (χ1v) is 15.1. The van der Waals surface area contributed by atoms with E-state index >= 15 is 0 Å². The Balaban J connectivity index is 1.35. The molecule has 0 fully saturated rings. The van der Waals surface area contributed by atoms with Crippen LogP contribution in [0.2, 0.25) is 0 Å². The first kappa shape index (κ1) is 25.9. The molecule has 8 aromatic rings. The van der Waals surface area contributed by atoms with Crippen LogP contribution in [-0.4, -0.2) is 0 Å². The van der Waals surface area contributed by atoms with Gasteiger partial charge in [-0.25, -0.2) is 0 Å². The monoisotopic (exact) mass is 558 g/mol. The van der Waals surface area contributed by atoms with E-state index in [1.54, 1.807) is 0 Å². The summed E-state index contributed by atoms with van der Waals surface area (Å²) < 4.78 is 0. The highest BCUT2D eigenvalue weighted by atomic mass is 14.2. The van der Waals surface area contributed by atoms with Gasteiger partial charge in [-0.1, -0.05) is 164 Å². The van der Waals surface area contributed by atoms with Crippen molar-refractivity contribution in [1.29, 1.82) is 0 Å². The number of fused-ring (bicyclic) bond motifs is 4. The molecule has 0 aromatic heterocycles. The lowest BCUT2D eigenvalue weighted by molar-refractivity contribution is 1.61. The van der Waals surface area contributed by atoms with Gasteiger partial charge in [0.2, 0.25) is 0 Å². The normalized spacial score (nSPS) is 11.6. The maximum absolute atomic E-state index is 3.89. The van der Waals surface area contributed by atoms with Crippen molar-refractivity contribution < 1.29 is 0 Å². The highest BCUT2D eigenvalue weighted by Crippen LogP contribution is 2.45. The summed E-state index contributed by atoms with van der Waals surface area (Å²) in [7, 11) is 0. The van der Waals surface area contributed by atoms with Crippen LogP contribution in [0.5, 0.6) is 0 Å².